The van der Waals surface area contributed by atoms with Crippen LogP contribution in [0.25, 0.3) is 0 Å². The highest BCUT2D eigenvalue weighted by Crippen LogP contribution is 2.41. The van der Waals surface area contributed by atoms with E-state index in [2.05, 4.69) is 15.5 Å². The minimum atomic E-state index is -0.450. The van der Waals surface area contributed by atoms with E-state index in [1.165, 1.54) is 0 Å². The Hall–Kier alpha value is -3.42. The van der Waals surface area contributed by atoms with E-state index in [9.17, 15) is 9.59 Å². The van der Waals surface area contributed by atoms with Crippen LogP contribution < -0.4 is 10.1 Å². The van der Waals surface area contributed by atoms with Crippen molar-refractivity contribution in [3.63, 3.8) is 0 Å². The number of rotatable bonds is 5. The van der Waals surface area contributed by atoms with Crippen LogP contribution in [0, 0.1) is 0 Å². The van der Waals surface area contributed by atoms with Crippen molar-refractivity contribution >= 4 is 11.8 Å². The van der Waals surface area contributed by atoms with E-state index in [0.29, 0.717) is 35.5 Å². The number of carbonyl (C=O) groups excluding carboxylic acids is 2. The highest BCUT2D eigenvalue weighted by Gasteiger charge is 2.34. The number of hydrogen-bond acceptors (Lipinski definition) is 7. The molecule has 156 valence electrons. The summed E-state index contributed by atoms with van der Waals surface area (Å²) in [5.74, 6) is 0.978. The highest BCUT2D eigenvalue weighted by molar-refractivity contribution is 6.01. The third-order valence-electron chi connectivity index (χ3n) is 5.69. The number of dihydropyridines is 1. The summed E-state index contributed by atoms with van der Waals surface area (Å²) in [7, 11) is 3.42. The second kappa shape index (κ2) is 8.14. The molecule has 4 rings (SSSR count). The monoisotopic (exact) mass is 408 g/mol. The number of hydrogen-bond donors (Lipinski definition) is 1. The molecule has 1 aliphatic heterocycles. The maximum Gasteiger partial charge on any atom is 0.336 e. The average molecular weight is 408 g/mol. The number of aromatic nitrogens is 3. The molecule has 0 amide bonds. The van der Waals surface area contributed by atoms with Crippen LogP contribution in [-0.2, 0) is 28.0 Å². The quantitative estimate of drug-likeness (QED) is 0.760. The van der Waals surface area contributed by atoms with E-state index >= 15 is 0 Å². The Bertz CT molecular complexity index is 1070. The third kappa shape index (κ3) is 3.72. The molecule has 2 aliphatic rings. The van der Waals surface area contributed by atoms with Gasteiger partial charge in [0.1, 0.15) is 12.1 Å². The molecule has 30 heavy (non-hydrogen) atoms. The first-order valence-corrected chi connectivity index (χ1v) is 9.82. The predicted molar refractivity (Wildman–Crippen MR) is 108 cm³/mol. The maximum absolute atomic E-state index is 12.9. The number of benzene rings is 1. The topological polar surface area (TPSA) is 95.3 Å². The van der Waals surface area contributed by atoms with E-state index in [1.807, 2.05) is 31.2 Å². The summed E-state index contributed by atoms with van der Waals surface area (Å²) < 4.78 is 12.6. The predicted octanol–water partition coefficient (Wildman–Crippen LogP) is 2.54. The molecule has 8 heteroatoms. The molecule has 0 fully saturated rings. The highest BCUT2D eigenvalue weighted by atomic mass is 16.5. The number of para-hydroxylation sites is 1. The van der Waals surface area contributed by atoms with Gasteiger partial charge in [0.2, 0.25) is 0 Å². The lowest BCUT2D eigenvalue weighted by Crippen LogP contribution is -2.31. The number of aryl methyl sites for hydroxylation is 1. The van der Waals surface area contributed by atoms with Gasteiger partial charge in [-0.15, -0.1) is 10.2 Å². The van der Waals surface area contributed by atoms with Gasteiger partial charge in [0.15, 0.2) is 18.2 Å². The second-order valence-corrected chi connectivity index (χ2v) is 7.57. The fourth-order valence-corrected chi connectivity index (χ4v) is 4.00. The van der Waals surface area contributed by atoms with Crippen LogP contribution in [0.1, 0.15) is 43.5 Å². The van der Waals surface area contributed by atoms with Crippen molar-refractivity contribution in [3.05, 3.63) is 64.5 Å². The van der Waals surface area contributed by atoms with Crippen molar-refractivity contribution < 1.29 is 19.1 Å². The molecule has 0 radical (unpaired) electrons. The van der Waals surface area contributed by atoms with Crippen molar-refractivity contribution in [2.24, 2.45) is 7.05 Å². The zero-order valence-corrected chi connectivity index (χ0v) is 17.3. The van der Waals surface area contributed by atoms with Gasteiger partial charge in [-0.3, -0.25) is 4.79 Å². The Morgan fingerprint density at radius 2 is 2.10 bits per heavy atom. The Labute approximate surface area is 174 Å². The van der Waals surface area contributed by atoms with Gasteiger partial charge < -0.3 is 19.4 Å². The number of esters is 1. The van der Waals surface area contributed by atoms with Crippen LogP contribution in [0.4, 0.5) is 0 Å². The largest absolute Gasteiger partial charge is 0.496 e. The smallest absolute Gasteiger partial charge is 0.336 e. The molecule has 1 atom stereocenters. The first kappa shape index (κ1) is 19.9. The molecule has 0 saturated carbocycles. The van der Waals surface area contributed by atoms with Crippen LogP contribution in [-0.4, -0.2) is 33.6 Å². The Morgan fingerprint density at radius 3 is 2.83 bits per heavy atom. The molecule has 0 saturated heterocycles. The zero-order valence-electron chi connectivity index (χ0n) is 17.3. The van der Waals surface area contributed by atoms with Crippen LogP contribution in [0.15, 0.2) is 53.1 Å². The van der Waals surface area contributed by atoms with Gasteiger partial charge >= 0.3 is 5.97 Å². The molecule has 0 spiro atoms. The molecular weight excluding hydrogens is 384 g/mol. The number of carbonyl (C=O) groups is 2. The van der Waals surface area contributed by atoms with Crippen molar-refractivity contribution in [3.8, 4) is 5.75 Å². The molecular formula is C22H24N4O4. The van der Waals surface area contributed by atoms with Gasteiger partial charge in [-0.1, -0.05) is 18.2 Å². The van der Waals surface area contributed by atoms with Gasteiger partial charge in [0, 0.05) is 42.8 Å². The zero-order chi connectivity index (χ0) is 21.3. The number of Topliss-reactive ketones (excluding diaryl/α,β-unsaturated/α-hetero) is 1. The lowest BCUT2D eigenvalue weighted by molar-refractivity contribution is -0.140. The lowest BCUT2D eigenvalue weighted by Gasteiger charge is -2.32. The number of nitrogens with zero attached hydrogens (tertiary/aromatic N) is 3. The third-order valence-corrected chi connectivity index (χ3v) is 5.69. The summed E-state index contributed by atoms with van der Waals surface area (Å²) in [5, 5.41) is 11.0. The Balaban J connectivity index is 1.49. The SMILES string of the molecule is COc1ccccc1[C@H]1CC(=O)C2=C(C1)NC(C)=C(C(=O)OCc1nncn1C)C2. The minimum Gasteiger partial charge on any atom is -0.496 e. The van der Waals surface area contributed by atoms with E-state index in [4.69, 9.17) is 9.47 Å². The van der Waals surface area contributed by atoms with Crippen molar-refractivity contribution in [1.29, 1.82) is 0 Å². The van der Waals surface area contributed by atoms with Gasteiger partial charge in [-0.2, -0.15) is 0 Å². The van der Waals surface area contributed by atoms with Crippen LogP contribution in [0.2, 0.25) is 0 Å². The molecule has 1 aromatic heterocycles. The standard InChI is InChI=1S/C22H24N4O4/c1-13-16(22(28)30-11-21-25-23-12-26(21)2)10-17-18(24-13)8-14(9-19(17)27)15-6-4-5-7-20(15)29-3/h4-7,12,14,24H,8-11H2,1-3H3/t14-/m1/s1. The summed E-state index contributed by atoms with van der Waals surface area (Å²) in [6.07, 6.45) is 2.91. The van der Waals surface area contributed by atoms with Crippen molar-refractivity contribution in [1.82, 2.24) is 20.1 Å². The van der Waals surface area contributed by atoms with Crippen LogP contribution >= 0.6 is 0 Å². The summed E-state index contributed by atoms with van der Waals surface area (Å²) in [4.78, 5) is 25.6. The summed E-state index contributed by atoms with van der Waals surface area (Å²) in [5.41, 5.74) is 3.75. The van der Waals surface area contributed by atoms with Crippen molar-refractivity contribution in [2.45, 2.75) is 38.7 Å². The van der Waals surface area contributed by atoms with E-state index in [1.54, 1.807) is 25.1 Å². The number of ether oxygens (including phenoxy) is 2. The number of allylic oxidation sites excluding steroid dienone is 3. The maximum atomic E-state index is 12.9. The molecule has 1 aromatic carbocycles. The normalized spacial score (nSPS) is 18.8. The molecule has 8 nitrogen and oxygen atoms in total. The fraction of sp³-hybridized carbons (Fsp3) is 0.364. The number of methoxy groups -OCH3 is 1. The Morgan fingerprint density at radius 1 is 1.30 bits per heavy atom. The minimum absolute atomic E-state index is 0.0296. The van der Waals surface area contributed by atoms with Gasteiger partial charge in [0.25, 0.3) is 0 Å². The molecule has 0 unspecified atom stereocenters. The Kier molecular flexibility index (Phi) is 5.39. The summed E-state index contributed by atoms with van der Waals surface area (Å²) in [6, 6.07) is 7.79. The lowest BCUT2D eigenvalue weighted by atomic mass is 9.78. The average Bonchev–Trinajstić information content (AvgIpc) is 3.16. The first-order valence-electron chi connectivity index (χ1n) is 9.82. The number of ketones is 1. The van der Waals surface area contributed by atoms with Gasteiger partial charge in [-0.05, 0) is 25.0 Å². The molecule has 1 N–H and O–H groups in total. The first-order chi connectivity index (χ1) is 14.5. The van der Waals surface area contributed by atoms with Crippen molar-refractivity contribution in [2.75, 3.05) is 7.11 Å². The second-order valence-electron chi connectivity index (χ2n) is 7.57. The fourth-order valence-electron chi connectivity index (χ4n) is 4.00. The molecule has 0 bridgehead atoms. The molecule has 2 aromatic rings. The number of nitrogens with one attached hydrogen (secondary N) is 1. The van der Waals surface area contributed by atoms with Gasteiger partial charge in [0.05, 0.1) is 12.7 Å². The summed E-state index contributed by atoms with van der Waals surface area (Å²) in [6.45, 7) is 1.86. The summed E-state index contributed by atoms with van der Waals surface area (Å²) >= 11 is 0. The van der Waals surface area contributed by atoms with Crippen LogP contribution in [0.3, 0.4) is 0 Å². The molecule has 1 aliphatic carbocycles. The van der Waals surface area contributed by atoms with E-state index in [0.717, 1.165) is 17.0 Å². The van der Waals surface area contributed by atoms with E-state index < -0.39 is 5.97 Å². The van der Waals surface area contributed by atoms with Crippen LogP contribution in [0.5, 0.6) is 5.75 Å². The van der Waals surface area contributed by atoms with Gasteiger partial charge in [-0.25, -0.2) is 4.79 Å². The molecule has 2 heterocycles. The van der Waals surface area contributed by atoms with E-state index in [-0.39, 0.29) is 24.7 Å².